The number of nitrogens with one attached hydrogen (secondary N) is 3. The highest BCUT2D eigenvalue weighted by Crippen LogP contribution is 2.35. The topological polar surface area (TPSA) is 95.2 Å². The fraction of sp³-hybridized carbons (Fsp3) is 0.111. The summed E-state index contributed by atoms with van der Waals surface area (Å²) in [7, 11) is 0. The van der Waals surface area contributed by atoms with E-state index in [1.807, 2.05) is 13.0 Å². The minimum absolute atomic E-state index is 0.328. The third-order valence-electron chi connectivity index (χ3n) is 6.09. The molecule has 0 aliphatic heterocycles. The van der Waals surface area contributed by atoms with E-state index >= 15 is 4.39 Å². The molecule has 4 heterocycles. The summed E-state index contributed by atoms with van der Waals surface area (Å²) < 4.78 is 29.4. The van der Waals surface area contributed by atoms with E-state index in [0.29, 0.717) is 56.8 Å². The first-order chi connectivity index (χ1) is 17.6. The smallest absolute Gasteiger partial charge is 0.159 e. The summed E-state index contributed by atoms with van der Waals surface area (Å²) in [6.07, 6.45) is 5.08. The maximum absolute atomic E-state index is 16.0. The molecule has 0 saturated heterocycles. The summed E-state index contributed by atoms with van der Waals surface area (Å²) >= 11 is 0. The lowest BCUT2D eigenvalue weighted by molar-refractivity contribution is 0.628. The van der Waals surface area contributed by atoms with Gasteiger partial charge >= 0.3 is 0 Å². The molecule has 0 spiro atoms. The van der Waals surface area contributed by atoms with Gasteiger partial charge in [-0.05, 0) is 60.6 Å². The van der Waals surface area contributed by atoms with Gasteiger partial charge in [0.1, 0.15) is 22.8 Å². The van der Waals surface area contributed by atoms with Crippen LogP contribution in [0.15, 0.2) is 67.1 Å². The van der Waals surface area contributed by atoms with Crippen LogP contribution < -0.4 is 5.32 Å². The number of aromatic amines is 2. The Morgan fingerprint density at radius 2 is 1.78 bits per heavy atom. The molecule has 6 rings (SSSR count). The van der Waals surface area contributed by atoms with Gasteiger partial charge in [-0.3, -0.25) is 15.1 Å². The molecule has 0 unspecified atom stereocenters. The number of benzene rings is 2. The van der Waals surface area contributed by atoms with Crippen molar-refractivity contribution in [3.05, 3.63) is 84.3 Å². The second-order valence-corrected chi connectivity index (χ2v) is 8.43. The molecule has 4 aromatic heterocycles. The van der Waals surface area contributed by atoms with E-state index in [9.17, 15) is 4.39 Å². The van der Waals surface area contributed by atoms with E-state index in [-0.39, 0.29) is 5.82 Å². The van der Waals surface area contributed by atoms with E-state index < -0.39 is 5.82 Å². The SMILES string of the molecule is CCNCc1cncc(-c2ccc3[nH]nc(-c4nc5c(-c6ccc(F)cc6)nccc5[nH]4)c3c2F)c1. The molecule has 0 aliphatic rings. The molecule has 0 bridgehead atoms. The molecule has 0 radical (unpaired) electrons. The van der Waals surface area contributed by atoms with Crippen molar-refractivity contribution in [2.45, 2.75) is 13.5 Å². The van der Waals surface area contributed by atoms with Crippen molar-refractivity contribution in [2.75, 3.05) is 6.54 Å². The molecule has 36 heavy (non-hydrogen) atoms. The van der Waals surface area contributed by atoms with Crippen molar-refractivity contribution in [2.24, 2.45) is 0 Å². The highest BCUT2D eigenvalue weighted by Gasteiger charge is 2.20. The van der Waals surface area contributed by atoms with Crippen molar-refractivity contribution in [1.82, 2.24) is 35.5 Å². The summed E-state index contributed by atoms with van der Waals surface area (Å²) in [5, 5.41) is 10.9. The van der Waals surface area contributed by atoms with Gasteiger partial charge < -0.3 is 10.3 Å². The summed E-state index contributed by atoms with van der Waals surface area (Å²) in [6, 6.07) is 13.3. The summed E-state index contributed by atoms with van der Waals surface area (Å²) in [5.41, 5.74) is 5.64. The number of aromatic nitrogens is 6. The standard InChI is InChI=1S/C27H21F2N7/c1-2-30-12-15-11-17(14-31-13-15)19-7-8-20-22(23(19)29)26(36-35-20)27-33-21-9-10-32-24(25(21)34-27)16-3-5-18(28)6-4-16/h3-11,13-14,30H,2,12H2,1H3,(H,33,34)(H,35,36). The lowest BCUT2D eigenvalue weighted by Gasteiger charge is -2.07. The Labute approximate surface area is 204 Å². The molecule has 9 heteroatoms. The third-order valence-corrected chi connectivity index (χ3v) is 6.09. The number of H-pyrrole nitrogens is 2. The third kappa shape index (κ3) is 3.79. The first kappa shape index (κ1) is 22.0. The lowest BCUT2D eigenvalue weighted by atomic mass is 10.0. The first-order valence-electron chi connectivity index (χ1n) is 11.5. The number of hydrogen-bond acceptors (Lipinski definition) is 5. The normalized spacial score (nSPS) is 11.5. The zero-order valence-electron chi connectivity index (χ0n) is 19.3. The number of rotatable bonds is 6. The van der Waals surface area contributed by atoms with Crippen molar-refractivity contribution in [1.29, 1.82) is 0 Å². The predicted octanol–water partition coefficient (Wildman–Crippen LogP) is 5.62. The van der Waals surface area contributed by atoms with E-state index in [1.165, 1.54) is 12.1 Å². The quantitative estimate of drug-likeness (QED) is 0.287. The molecule has 7 nitrogen and oxygen atoms in total. The largest absolute Gasteiger partial charge is 0.336 e. The van der Waals surface area contributed by atoms with E-state index in [0.717, 1.165) is 17.7 Å². The van der Waals surface area contributed by atoms with Gasteiger partial charge in [0.05, 0.1) is 22.1 Å². The fourth-order valence-corrected chi connectivity index (χ4v) is 4.33. The van der Waals surface area contributed by atoms with E-state index in [2.05, 4.69) is 30.5 Å². The number of nitrogens with zero attached hydrogens (tertiary/aromatic N) is 4. The Kier molecular flexibility index (Phi) is 5.46. The molecule has 0 aliphatic carbocycles. The van der Waals surface area contributed by atoms with Gasteiger partial charge in [-0.15, -0.1) is 0 Å². The minimum Gasteiger partial charge on any atom is -0.336 e. The summed E-state index contributed by atoms with van der Waals surface area (Å²) in [5.74, 6) is -0.330. The Morgan fingerprint density at radius 1 is 0.917 bits per heavy atom. The average Bonchev–Trinajstić information content (AvgIpc) is 3.53. The van der Waals surface area contributed by atoms with Crippen LogP contribution in [0.5, 0.6) is 0 Å². The Hall–Kier alpha value is -4.50. The van der Waals surface area contributed by atoms with E-state index in [4.69, 9.17) is 4.98 Å². The monoisotopic (exact) mass is 481 g/mol. The van der Waals surface area contributed by atoms with Crippen LogP contribution in [0.4, 0.5) is 8.78 Å². The number of pyridine rings is 2. The second-order valence-electron chi connectivity index (χ2n) is 8.43. The van der Waals surface area contributed by atoms with Gasteiger partial charge in [-0.2, -0.15) is 5.10 Å². The van der Waals surface area contributed by atoms with Crippen LogP contribution in [0.3, 0.4) is 0 Å². The zero-order valence-corrected chi connectivity index (χ0v) is 19.3. The van der Waals surface area contributed by atoms with Crippen LogP contribution in [0.1, 0.15) is 12.5 Å². The highest BCUT2D eigenvalue weighted by atomic mass is 19.1. The van der Waals surface area contributed by atoms with Crippen LogP contribution in [-0.4, -0.2) is 36.7 Å². The number of fused-ring (bicyclic) bond motifs is 2. The van der Waals surface area contributed by atoms with E-state index in [1.54, 1.807) is 48.9 Å². The summed E-state index contributed by atoms with van der Waals surface area (Å²) in [4.78, 5) is 16.7. The second kappa shape index (κ2) is 8.94. The Bertz CT molecular complexity index is 1700. The molecular weight excluding hydrogens is 460 g/mol. The molecule has 0 amide bonds. The molecule has 0 atom stereocenters. The van der Waals surface area contributed by atoms with Gasteiger partial charge in [0.2, 0.25) is 0 Å². The Morgan fingerprint density at radius 3 is 2.61 bits per heavy atom. The van der Waals surface area contributed by atoms with Crippen molar-refractivity contribution in [3.8, 4) is 33.9 Å². The maximum Gasteiger partial charge on any atom is 0.159 e. The van der Waals surface area contributed by atoms with Gasteiger partial charge in [0, 0.05) is 41.8 Å². The first-order valence-corrected chi connectivity index (χ1v) is 11.5. The molecule has 178 valence electrons. The van der Waals surface area contributed by atoms with Gasteiger partial charge in [-0.25, -0.2) is 13.8 Å². The highest BCUT2D eigenvalue weighted by molar-refractivity contribution is 5.98. The van der Waals surface area contributed by atoms with Crippen LogP contribution in [0.25, 0.3) is 55.8 Å². The van der Waals surface area contributed by atoms with Gasteiger partial charge in [-0.1, -0.05) is 6.92 Å². The molecule has 0 saturated carbocycles. The fourth-order valence-electron chi connectivity index (χ4n) is 4.33. The predicted molar refractivity (Wildman–Crippen MR) is 135 cm³/mol. The molecule has 3 N–H and O–H groups in total. The van der Waals surface area contributed by atoms with Crippen molar-refractivity contribution < 1.29 is 8.78 Å². The molecular formula is C27H21F2N7. The zero-order chi connectivity index (χ0) is 24.6. The maximum atomic E-state index is 16.0. The number of halogens is 2. The molecule has 0 fully saturated rings. The lowest BCUT2D eigenvalue weighted by Crippen LogP contribution is -2.11. The average molecular weight is 482 g/mol. The van der Waals surface area contributed by atoms with Crippen molar-refractivity contribution >= 4 is 21.9 Å². The Balaban J connectivity index is 1.47. The van der Waals surface area contributed by atoms with Crippen LogP contribution in [0, 0.1) is 11.6 Å². The van der Waals surface area contributed by atoms with Crippen LogP contribution in [-0.2, 0) is 6.54 Å². The number of imidazole rings is 1. The minimum atomic E-state index is -0.406. The van der Waals surface area contributed by atoms with Gasteiger partial charge in [0.25, 0.3) is 0 Å². The summed E-state index contributed by atoms with van der Waals surface area (Å²) in [6.45, 7) is 3.52. The van der Waals surface area contributed by atoms with Gasteiger partial charge in [0.15, 0.2) is 5.82 Å². The molecule has 2 aromatic carbocycles. The molecule has 6 aromatic rings. The van der Waals surface area contributed by atoms with Crippen molar-refractivity contribution in [3.63, 3.8) is 0 Å². The number of hydrogen-bond donors (Lipinski definition) is 3. The van der Waals surface area contributed by atoms with Crippen LogP contribution >= 0.6 is 0 Å². The van der Waals surface area contributed by atoms with Crippen LogP contribution in [0.2, 0.25) is 0 Å².